The molecular formula is C13H15F3N2O2. The van der Waals surface area contributed by atoms with Gasteiger partial charge >= 0.3 is 12.3 Å². The Hall–Kier alpha value is -1.76. The number of carbonyl (C=O) groups excluding carboxylic acids is 1. The summed E-state index contributed by atoms with van der Waals surface area (Å²) < 4.78 is 42.3. The third kappa shape index (κ3) is 3.86. The number of benzene rings is 1. The van der Waals surface area contributed by atoms with Crippen LogP contribution >= 0.6 is 0 Å². The fourth-order valence-electron chi connectivity index (χ4n) is 2.52. The van der Waals surface area contributed by atoms with Crippen molar-refractivity contribution in [1.29, 1.82) is 0 Å². The number of hydrogen-bond acceptors (Lipinski definition) is 3. The molecule has 4 nitrogen and oxygen atoms in total. The Labute approximate surface area is 114 Å². The first-order valence-electron chi connectivity index (χ1n) is 6.15. The molecule has 2 rings (SSSR count). The highest BCUT2D eigenvalue weighted by molar-refractivity contribution is 5.65. The maximum atomic E-state index is 12.5. The zero-order chi connectivity index (χ0) is 14.8. The van der Waals surface area contributed by atoms with Gasteiger partial charge < -0.3 is 10.5 Å². The SMILES string of the molecule is NC(=O)OC1CN(CC(F)(F)F)CC1c1ccccc1. The molecule has 1 amide bonds. The lowest BCUT2D eigenvalue weighted by atomic mass is 9.96. The summed E-state index contributed by atoms with van der Waals surface area (Å²) >= 11 is 0. The molecule has 1 aliphatic rings. The smallest absolute Gasteiger partial charge is 0.404 e. The van der Waals surface area contributed by atoms with Crippen LogP contribution in [-0.2, 0) is 4.74 Å². The molecule has 0 aliphatic carbocycles. The van der Waals surface area contributed by atoms with E-state index in [9.17, 15) is 18.0 Å². The van der Waals surface area contributed by atoms with Gasteiger partial charge in [0.05, 0.1) is 6.54 Å². The molecule has 0 spiro atoms. The zero-order valence-electron chi connectivity index (χ0n) is 10.6. The Morgan fingerprint density at radius 1 is 1.30 bits per heavy atom. The van der Waals surface area contributed by atoms with Gasteiger partial charge in [0.15, 0.2) is 0 Å². The van der Waals surface area contributed by atoms with Crippen molar-refractivity contribution in [3.8, 4) is 0 Å². The summed E-state index contributed by atoms with van der Waals surface area (Å²) in [5, 5.41) is 0. The minimum absolute atomic E-state index is 0.0298. The second-order valence-electron chi connectivity index (χ2n) is 4.80. The summed E-state index contributed by atoms with van der Waals surface area (Å²) in [4.78, 5) is 12.1. The molecule has 2 atom stereocenters. The monoisotopic (exact) mass is 288 g/mol. The third-order valence-electron chi connectivity index (χ3n) is 3.24. The number of hydrogen-bond donors (Lipinski definition) is 1. The quantitative estimate of drug-likeness (QED) is 0.926. The van der Waals surface area contributed by atoms with Crippen LogP contribution in [0.15, 0.2) is 30.3 Å². The second kappa shape index (κ2) is 5.70. The maximum Gasteiger partial charge on any atom is 0.404 e. The summed E-state index contributed by atoms with van der Waals surface area (Å²) in [5.41, 5.74) is 5.82. The van der Waals surface area contributed by atoms with Crippen LogP contribution in [0.1, 0.15) is 11.5 Å². The van der Waals surface area contributed by atoms with Crippen molar-refractivity contribution < 1.29 is 22.7 Å². The maximum absolute atomic E-state index is 12.5. The van der Waals surface area contributed by atoms with Crippen molar-refractivity contribution in [1.82, 2.24) is 4.90 Å². The number of amides is 1. The molecule has 1 fully saturated rings. The highest BCUT2D eigenvalue weighted by Crippen LogP contribution is 2.31. The third-order valence-corrected chi connectivity index (χ3v) is 3.24. The van der Waals surface area contributed by atoms with E-state index in [0.29, 0.717) is 0 Å². The Morgan fingerprint density at radius 3 is 2.50 bits per heavy atom. The number of halogens is 3. The average molecular weight is 288 g/mol. The van der Waals surface area contributed by atoms with E-state index in [2.05, 4.69) is 0 Å². The Balaban J connectivity index is 2.13. The number of nitrogens with two attached hydrogens (primary N) is 1. The largest absolute Gasteiger partial charge is 0.444 e. The Morgan fingerprint density at radius 2 is 1.95 bits per heavy atom. The van der Waals surface area contributed by atoms with E-state index in [1.807, 2.05) is 6.07 Å². The van der Waals surface area contributed by atoms with E-state index in [4.69, 9.17) is 10.5 Å². The van der Waals surface area contributed by atoms with Crippen LogP contribution < -0.4 is 5.73 Å². The molecule has 20 heavy (non-hydrogen) atoms. The fourth-order valence-corrected chi connectivity index (χ4v) is 2.52. The Kier molecular flexibility index (Phi) is 4.17. The van der Waals surface area contributed by atoms with Crippen LogP contribution in [-0.4, -0.2) is 42.9 Å². The summed E-state index contributed by atoms with van der Waals surface area (Å²) in [5.74, 6) is -0.300. The summed E-state index contributed by atoms with van der Waals surface area (Å²) in [6, 6.07) is 9.01. The standard InChI is InChI=1S/C13H15F3N2O2/c14-13(15,16)8-18-6-10(9-4-2-1-3-5-9)11(7-18)20-12(17)19/h1-5,10-11H,6-8H2,(H2,17,19). The lowest BCUT2D eigenvalue weighted by Gasteiger charge is -2.17. The highest BCUT2D eigenvalue weighted by Gasteiger charge is 2.41. The van der Waals surface area contributed by atoms with Crippen molar-refractivity contribution >= 4 is 6.09 Å². The van der Waals surface area contributed by atoms with Crippen LogP contribution in [0.3, 0.4) is 0 Å². The first-order chi connectivity index (χ1) is 9.35. The van der Waals surface area contributed by atoms with E-state index >= 15 is 0 Å². The molecule has 1 aliphatic heterocycles. The number of ether oxygens (including phenoxy) is 1. The summed E-state index contributed by atoms with van der Waals surface area (Å²) in [6.07, 6.45) is -5.90. The normalized spacial score (nSPS) is 23.8. The first kappa shape index (κ1) is 14.6. The van der Waals surface area contributed by atoms with Gasteiger partial charge in [-0.25, -0.2) is 4.79 Å². The Bertz CT molecular complexity index is 464. The van der Waals surface area contributed by atoms with Crippen LogP contribution in [0.25, 0.3) is 0 Å². The van der Waals surface area contributed by atoms with E-state index in [0.717, 1.165) is 5.56 Å². The number of rotatable bonds is 3. The summed E-state index contributed by atoms with van der Waals surface area (Å²) in [7, 11) is 0. The highest BCUT2D eigenvalue weighted by atomic mass is 19.4. The molecule has 2 N–H and O–H groups in total. The van der Waals surface area contributed by atoms with Crippen molar-refractivity contribution in [2.24, 2.45) is 5.73 Å². The van der Waals surface area contributed by atoms with E-state index in [1.165, 1.54) is 4.90 Å². The lowest BCUT2D eigenvalue weighted by molar-refractivity contribution is -0.144. The number of primary amides is 1. The fraction of sp³-hybridized carbons (Fsp3) is 0.462. The molecule has 2 unspecified atom stereocenters. The molecule has 1 heterocycles. The topological polar surface area (TPSA) is 55.6 Å². The first-order valence-corrected chi connectivity index (χ1v) is 6.15. The molecule has 0 saturated carbocycles. The molecule has 1 aromatic rings. The predicted molar refractivity (Wildman–Crippen MR) is 66.1 cm³/mol. The van der Waals surface area contributed by atoms with E-state index in [1.54, 1.807) is 24.3 Å². The van der Waals surface area contributed by atoms with Gasteiger partial charge in [0.25, 0.3) is 0 Å². The lowest BCUT2D eigenvalue weighted by Crippen LogP contribution is -2.34. The predicted octanol–water partition coefficient (Wildman–Crippen LogP) is 2.11. The van der Waals surface area contributed by atoms with Crippen molar-refractivity contribution in [3.05, 3.63) is 35.9 Å². The van der Waals surface area contributed by atoms with Crippen LogP contribution in [0.4, 0.5) is 18.0 Å². The average Bonchev–Trinajstić information content (AvgIpc) is 2.69. The summed E-state index contributed by atoms with van der Waals surface area (Å²) in [6.45, 7) is -0.807. The number of carbonyl (C=O) groups is 1. The molecular weight excluding hydrogens is 273 g/mol. The van der Waals surface area contributed by atoms with Crippen molar-refractivity contribution in [2.75, 3.05) is 19.6 Å². The molecule has 1 saturated heterocycles. The van der Waals surface area contributed by atoms with Crippen LogP contribution in [0.2, 0.25) is 0 Å². The van der Waals surface area contributed by atoms with Crippen molar-refractivity contribution in [3.63, 3.8) is 0 Å². The molecule has 7 heteroatoms. The minimum Gasteiger partial charge on any atom is -0.444 e. The van der Waals surface area contributed by atoms with Gasteiger partial charge in [-0.1, -0.05) is 30.3 Å². The van der Waals surface area contributed by atoms with Gasteiger partial charge in [0, 0.05) is 19.0 Å². The number of alkyl halides is 3. The van der Waals surface area contributed by atoms with E-state index in [-0.39, 0.29) is 19.0 Å². The minimum atomic E-state index is -4.27. The van der Waals surface area contributed by atoms with Gasteiger partial charge in [0.1, 0.15) is 6.10 Å². The van der Waals surface area contributed by atoms with Gasteiger partial charge in [-0.3, -0.25) is 4.90 Å². The molecule has 0 bridgehead atoms. The van der Waals surface area contributed by atoms with Gasteiger partial charge in [-0.15, -0.1) is 0 Å². The second-order valence-corrected chi connectivity index (χ2v) is 4.80. The molecule has 1 aromatic carbocycles. The van der Waals surface area contributed by atoms with E-state index < -0.39 is 24.9 Å². The van der Waals surface area contributed by atoms with Gasteiger partial charge in [-0.05, 0) is 5.56 Å². The van der Waals surface area contributed by atoms with Gasteiger partial charge in [-0.2, -0.15) is 13.2 Å². The van der Waals surface area contributed by atoms with Crippen LogP contribution in [0.5, 0.6) is 0 Å². The van der Waals surface area contributed by atoms with Crippen molar-refractivity contribution in [2.45, 2.75) is 18.2 Å². The number of nitrogens with zero attached hydrogens (tertiary/aromatic N) is 1. The molecule has 110 valence electrons. The molecule has 0 aromatic heterocycles. The number of likely N-dealkylation sites (tertiary alicyclic amines) is 1. The zero-order valence-corrected chi connectivity index (χ0v) is 10.6. The van der Waals surface area contributed by atoms with Crippen LogP contribution in [0, 0.1) is 0 Å². The van der Waals surface area contributed by atoms with Gasteiger partial charge in [0.2, 0.25) is 0 Å². The molecule has 0 radical (unpaired) electrons.